The third-order valence-electron chi connectivity index (χ3n) is 4.44. The molecule has 1 amide bonds. The van der Waals surface area contributed by atoms with Crippen LogP contribution in [0, 0.1) is 0 Å². The molecule has 2 aromatic rings. The fraction of sp³-hybridized carbons (Fsp3) is 0.421. The van der Waals surface area contributed by atoms with E-state index in [2.05, 4.69) is 15.3 Å². The summed E-state index contributed by atoms with van der Waals surface area (Å²) in [5, 5.41) is 3.42. The molecular formula is C19H24N4O. The van der Waals surface area contributed by atoms with Gasteiger partial charge in [-0.2, -0.15) is 0 Å². The second-order valence-electron chi connectivity index (χ2n) is 6.41. The summed E-state index contributed by atoms with van der Waals surface area (Å²) in [5.41, 5.74) is 1.47. The molecule has 24 heavy (non-hydrogen) atoms. The van der Waals surface area contributed by atoms with Crippen LogP contribution in [-0.4, -0.2) is 33.9 Å². The van der Waals surface area contributed by atoms with E-state index in [0.29, 0.717) is 18.3 Å². The van der Waals surface area contributed by atoms with Gasteiger partial charge in [-0.05, 0) is 18.4 Å². The van der Waals surface area contributed by atoms with Crippen molar-refractivity contribution in [1.29, 1.82) is 0 Å². The monoisotopic (exact) mass is 324 g/mol. The normalized spacial score (nSPS) is 15.0. The Bertz CT molecular complexity index is 651. The van der Waals surface area contributed by atoms with Crippen molar-refractivity contribution in [2.24, 2.45) is 0 Å². The van der Waals surface area contributed by atoms with Crippen LogP contribution in [0.4, 0.5) is 5.82 Å². The Morgan fingerprint density at radius 3 is 2.54 bits per heavy atom. The fourth-order valence-corrected chi connectivity index (χ4v) is 3.09. The van der Waals surface area contributed by atoms with Crippen molar-refractivity contribution < 1.29 is 4.79 Å². The second-order valence-corrected chi connectivity index (χ2v) is 6.41. The molecule has 5 heteroatoms. The summed E-state index contributed by atoms with van der Waals surface area (Å²) in [7, 11) is 1.78. The summed E-state index contributed by atoms with van der Waals surface area (Å²) in [6.45, 7) is 0.559. The second kappa shape index (κ2) is 7.90. The molecule has 0 unspecified atom stereocenters. The summed E-state index contributed by atoms with van der Waals surface area (Å²) >= 11 is 0. The Morgan fingerprint density at radius 2 is 1.88 bits per heavy atom. The average molecular weight is 324 g/mol. The number of aromatic nitrogens is 2. The minimum absolute atomic E-state index is 0.115. The number of carbonyl (C=O) groups excluding carboxylic acids is 1. The van der Waals surface area contributed by atoms with Gasteiger partial charge < -0.3 is 10.2 Å². The van der Waals surface area contributed by atoms with E-state index in [1.807, 2.05) is 30.3 Å². The first-order chi connectivity index (χ1) is 11.7. The number of carbonyl (C=O) groups is 1. The first-order valence-electron chi connectivity index (χ1n) is 8.60. The predicted octanol–water partition coefficient (Wildman–Crippen LogP) is 3.49. The highest BCUT2D eigenvalue weighted by Crippen LogP contribution is 2.20. The molecule has 1 aromatic carbocycles. The minimum Gasteiger partial charge on any atom is -0.366 e. The molecule has 1 fully saturated rings. The molecule has 1 N–H and O–H groups in total. The summed E-state index contributed by atoms with van der Waals surface area (Å²) in [5.74, 6) is 0.639. The van der Waals surface area contributed by atoms with Crippen molar-refractivity contribution in [3.05, 3.63) is 54.0 Å². The van der Waals surface area contributed by atoms with Crippen LogP contribution in [0.2, 0.25) is 0 Å². The molecular weight excluding hydrogens is 300 g/mol. The van der Waals surface area contributed by atoms with Crippen molar-refractivity contribution in [3.63, 3.8) is 0 Å². The number of nitrogens with zero attached hydrogens (tertiary/aromatic N) is 3. The molecule has 1 aliphatic carbocycles. The van der Waals surface area contributed by atoms with E-state index in [1.165, 1.54) is 32.1 Å². The van der Waals surface area contributed by atoms with Crippen LogP contribution in [0.5, 0.6) is 0 Å². The molecule has 0 aliphatic heterocycles. The van der Waals surface area contributed by atoms with Gasteiger partial charge in [0.05, 0.1) is 12.4 Å². The van der Waals surface area contributed by atoms with E-state index in [-0.39, 0.29) is 5.91 Å². The fourth-order valence-electron chi connectivity index (χ4n) is 3.09. The van der Waals surface area contributed by atoms with Gasteiger partial charge in [0.1, 0.15) is 11.5 Å². The van der Waals surface area contributed by atoms with Gasteiger partial charge in [0, 0.05) is 19.6 Å². The van der Waals surface area contributed by atoms with Crippen LogP contribution in [0.25, 0.3) is 0 Å². The van der Waals surface area contributed by atoms with Gasteiger partial charge in [-0.1, -0.05) is 49.6 Å². The molecule has 1 saturated carbocycles. The van der Waals surface area contributed by atoms with Crippen LogP contribution >= 0.6 is 0 Å². The third-order valence-corrected chi connectivity index (χ3v) is 4.44. The smallest absolute Gasteiger partial charge is 0.274 e. The summed E-state index contributed by atoms with van der Waals surface area (Å²) < 4.78 is 0. The lowest BCUT2D eigenvalue weighted by Crippen LogP contribution is -2.27. The average Bonchev–Trinajstić information content (AvgIpc) is 2.63. The van der Waals surface area contributed by atoms with Crippen molar-refractivity contribution in [3.8, 4) is 0 Å². The lowest BCUT2D eigenvalue weighted by molar-refractivity contribution is 0.0779. The highest BCUT2D eigenvalue weighted by molar-refractivity contribution is 5.91. The highest BCUT2D eigenvalue weighted by Gasteiger charge is 2.16. The SMILES string of the molecule is CN(Cc1ccccc1)C(=O)c1cnc(NC2CCCCC2)cn1. The molecule has 0 spiro atoms. The maximum Gasteiger partial charge on any atom is 0.274 e. The number of rotatable bonds is 5. The zero-order chi connectivity index (χ0) is 16.8. The van der Waals surface area contributed by atoms with Crippen LogP contribution in [0.3, 0.4) is 0 Å². The van der Waals surface area contributed by atoms with Gasteiger partial charge in [0.15, 0.2) is 0 Å². The maximum absolute atomic E-state index is 12.5. The first-order valence-corrected chi connectivity index (χ1v) is 8.60. The quantitative estimate of drug-likeness (QED) is 0.914. The molecule has 3 rings (SSSR count). The third kappa shape index (κ3) is 4.31. The lowest BCUT2D eigenvalue weighted by Gasteiger charge is -2.23. The largest absolute Gasteiger partial charge is 0.366 e. The van der Waals surface area contributed by atoms with Crippen LogP contribution in [0.1, 0.15) is 48.2 Å². The molecule has 0 radical (unpaired) electrons. The van der Waals surface area contributed by atoms with Crippen molar-refractivity contribution in [2.45, 2.75) is 44.7 Å². The maximum atomic E-state index is 12.5. The van der Waals surface area contributed by atoms with E-state index in [0.717, 1.165) is 11.4 Å². The molecule has 1 aliphatic rings. The standard InChI is InChI=1S/C19H24N4O/c1-23(14-15-8-4-2-5-9-15)19(24)17-12-21-18(13-20-17)22-16-10-6-3-7-11-16/h2,4-5,8-9,12-13,16H,3,6-7,10-11,14H2,1H3,(H,21,22). The highest BCUT2D eigenvalue weighted by atomic mass is 16.2. The Labute approximate surface area is 143 Å². The first kappa shape index (κ1) is 16.4. The predicted molar refractivity (Wildman–Crippen MR) is 94.8 cm³/mol. The molecule has 0 bridgehead atoms. The topological polar surface area (TPSA) is 58.1 Å². The van der Waals surface area contributed by atoms with E-state index in [4.69, 9.17) is 0 Å². The van der Waals surface area contributed by atoms with Crippen molar-refractivity contribution >= 4 is 11.7 Å². The van der Waals surface area contributed by atoms with Gasteiger partial charge in [-0.15, -0.1) is 0 Å². The lowest BCUT2D eigenvalue weighted by atomic mass is 9.96. The van der Waals surface area contributed by atoms with E-state index < -0.39 is 0 Å². The Balaban J connectivity index is 1.58. The van der Waals surface area contributed by atoms with Crippen molar-refractivity contribution in [2.75, 3.05) is 12.4 Å². The van der Waals surface area contributed by atoms with Gasteiger partial charge in [0.25, 0.3) is 5.91 Å². The van der Waals surface area contributed by atoms with Crippen LogP contribution < -0.4 is 5.32 Å². The summed E-state index contributed by atoms with van der Waals surface area (Å²) in [6.07, 6.45) is 9.46. The number of nitrogens with one attached hydrogen (secondary N) is 1. The number of amides is 1. The number of hydrogen-bond acceptors (Lipinski definition) is 4. The van der Waals surface area contributed by atoms with Crippen LogP contribution in [0.15, 0.2) is 42.7 Å². The Kier molecular flexibility index (Phi) is 5.41. The van der Waals surface area contributed by atoms with Crippen molar-refractivity contribution in [1.82, 2.24) is 14.9 Å². The van der Waals surface area contributed by atoms with E-state index in [1.54, 1.807) is 24.3 Å². The zero-order valence-corrected chi connectivity index (χ0v) is 14.1. The molecule has 5 nitrogen and oxygen atoms in total. The summed E-state index contributed by atoms with van der Waals surface area (Å²) in [4.78, 5) is 22.8. The van der Waals surface area contributed by atoms with Gasteiger partial charge >= 0.3 is 0 Å². The molecule has 1 heterocycles. The van der Waals surface area contributed by atoms with Gasteiger partial charge in [-0.3, -0.25) is 4.79 Å². The zero-order valence-electron chi connectivity index (χ0n) is 14.1. The minimum atomic E-state index is -0.115. The van der Waals surface area contributed by atoms with E-state index in [9.17, 15) is 4.79 Å². The number of hydrogen-bond donors (Lipinski definition) is 1. The van der Waals surface area contributed by atoms with Gasteiger partial charge in [-0.25, -0.2) is 9.97 Å². The Morgan fingerprint density at radius 1 is 1.12 bits per heavy atom. The van der Waals surface area contributed by atoms with E-state index >= 15 is 0 Å². The molecule has 0 atom stereocenters. The molecule has 0 saturated heterocycles. The molecule has 126 valence electrons. The Hall–Kier alpha value is -2.43. The number of benzene rings is 1. The molecule has 1 aromatic heterocycles. The van der Waals surface area contributed by atoms with Gasteiger partial charge in [0.2, 0.25) is 0 Å². The summed E-state index contributed by atoms with van der Waals surface area (Å²) in [6, 6.07) is 10.4. The van der Waals surface area contributed by atoms with Crippen LogP contribution in [-0.2, 0) is 6.54 Å². The number of anilines is 1.